The van der Waals surface area contributed by atoms with Crippen molar-refractivity contribution in [1.29, 1.82) is 0 Å². The summed E-state index contributed by atoms with van der Waals surface area (Å²) in [5, 5.41) is 7.08. The van der Waals surface area contributed by atoms with Gasteiger partial charge in [-0.1, -0.05) is 0 Å². The highest BCUT2D eigenvalue weighted by atomic mass is 35.5. The molecule has 0 unspecified atom stereocenters. The van der Waals surface area contributed by atoms with Gasteiger partial charge in [-0.25, -0.2) is 4.98 Å². The van der Waals surface area contributed by atoms with Crippen molar-refractivity contribution < 1.29 is 0 Å². The number of nitrogens with zero attached hydrogens (tertiary/aromatic N) is 4. The Balaban J connectivity index is 2.05. The first-order valence-electron chi connectivity index (χ1n) is 4.92. The van der Waals surface area contributed by atoms with Gasteiger partial charge in [0.2, 0.25) is 17.2 Å². The van der Waals surface area contributed by atoms with Crippen molar-refractivity contribution in [3.05, 3.63) is 21.4 Å². The molecule has 0 aromatic carbocycles. The summed E-state index contributed by atoms with van der Waals surface area (Å²) in [6.45, 7) is 2.59. The molecule has 8 heteroatoms. The van der Waals surface area contributed by atoms with Crippen molar-refractivity contribution in [3.63, 3.8) is 0 Å². The van der Waals surface area contributed by atoms with Crippen LogP contribution in [0.1, 0.15) is 9.88 Å². The molecular formula is C9H11ClN6S. The molecule has 0 aliphatic carbocycles. The zero-order chi connectivity index (χ0) is 12.3. The van der Waals surface area contributed by atoms with Crippen molar-refractivity contribution in [2.45, 2.75) is 13.5 Å². The summed E-state index contributed by atoms with van der Waals surface area (Å²) >= 11 is 7.39. The standard InChI is InChI=1S/C9H11ClN6S/c1-5-12-3-6(17-5)4-13-9-15-7(10)14-8(11-2)16-9/h3H,4H2,1-2H3,(H2,11,13,14,15,16). The number of aryl methyl sites for hydroxylation is 1. The van der Waals surface area contributed by atoms with Gasteiger partial charge in [0.1, 0.15) is 0 Å². The van der Waals surface area contributed by atoms with E-state index in [1.165, 1.54) is 0 Å². The first kappa shape index (κ1) is 12.0. The average molecular weight is 271 g/mol. The molecule has 0 bridgehead atoms. The normalized spacial score (nSPS) is 10.3. The van der Waals surface area contributed by atoms with Crippen LogP contribution in [-0.4, -0.2) is 27.0 Å². The van der Waals surface area contributed by atoms with Crippen LogP contribution < -0.4 is 10.6 Å². The Labute approximate surface area is 108 Å². The summed E-state index contributed by atoms with van der Waals surface area (Å²) in [6, 6.07) is 0. The van der Waals surface area contributed by atoms with Gasteiger partial charge in [0.15, 0.2) is 0 Å². The Hall–Kier alpha value is -1.47. The van der Waals surface area contributed by atoms with Crippen molar-refractivity contribution in [2.24, 2.45) is 0 Å². The van der Waals surface area contributed by atoms with E-state index in [2.05, 4.69) is 30.6 Å². The van der Waals surface area contributed by atoms with Gasteiger partial charge in [0, 0.05) is 18.1 Å². The van der Waals surface area contributed by atoms with Crippen LogP contribution in [0.25, 0.3) is 0 Å². The minimum absolute atomic E-state index is 0.160. The second kappa shape index (κ2) is 5.24. The van der Waals surface area contributed by atoms with Crippen LogP contribution in [0.4, 0.5) is 11.9 Å². The minimum atomic E-state index is 0.160. The van der Waals surface area contributed by atoms with E-state index in [4.69, 9.17) is 11.6 Å². The first-order chi connectivity index (χ1) is 8.17. The average Bonchev–Trinajstić information content (AvgIpc) is 2.72. The molecule has 0 fully saturated rings. The summed E-state index contributed by atoms with van der Waals surface area (Å²) in [6.07, 6.45) is 1.83. The number of thiazole rings is 1. The third-order valence-electron chi connectivity index (χ3n) is 1.92. The van der Waals surface area contributed by atoms with E-state index in [1.54, 1.807) is 18.4 Å². The maximum Gasteiger partial charge on any atom is 0.229 e. The Morgan fingerprint density at radius 3 is 2.71 bits per heavy atom. The first-order valence-corrected chi connectivity index (χ1v) is 6.11. The van der Waals surface area contributed by atoms with Gasteiger partial charge in [-0.05, 0) is 18.5 Å². The second-order valence-electron chi connectivity index (χ2n) is 3.20. The topological polar surface area (TPSA) is 75.6 Å². The van der Waals surface area contributed by atoms with Gasteiger partial charge >= 0.3 is 0 Å². The van der Waals surface area contributed by atoms with Crippen LogP contribution in [0.3, 0.4) is 0 Å². The van der Waals surface area contributed by atoms with Gasteiger partial charge in [0.25, 0.3) is 0 Å². The van der Waals surface area contributed by atoms with Crippen LogP contribution in [0.2, 0.25) is 5.28 Å². The highest BCUT2D eigenvalue weighted by molar-refractivity contribution is 7.11. The van der Waals surface area contributed by atoms with E-state index in [1.807, 2.05) is 13.1 Å². The monoisotopic (exact) mass is 270 g/mol. The predicted octanol–water partition coefficient (Wildman–Crippen LogP) is 1.94. The second-order valence-corrected chi connectivity index (χ2v) is 4.86. The molecule has 90 valence electrons. The molecule has 0 spiro atoms. The smallest absolute Gasteiger partial charge is 0.229 e. The Morgan fingerprint density at radius 2 is 2.06 bits per heavy atom. The molecule has 2 N–H and O–H groups in total. The molecule has 2 rings (SSSR count). The fourth-order valence-electron chi connectivity index (χ4n) is 1.19. The van der Waals surface area contributed by atoms with Gasteiger partial charge in [0.05, 0.1) is 11.6 Å². The van der Waals surface area contributed by atoms with E-state index in [0.717, 1.165) is 9.88 Å². The lowest BCUT2D eigenvalue weighted by molar-refractivity contribution is 1.01. The number of hydrogen-bond donors (Lipinski definition) is 2. The van der Waals surface area contributed by atoms with Crippen LogP contribution in [0.15, 0.2) is 6.20 Å². The molecule has 0 saturated carbocycles. The zero-order valence-electron chi connectivity index (χ0n) is 9.36. The molecule has 0 amide bonds. The number of anilines is 2. The van der Waals surface area contributed by atoms with E-state index in [-0.39, 0.29) is 5.28 Å². The number of rotatable bonds is 4. The van der Waals surface area contributed by atoms with Crippen LogP contribution >= 0.6 is 22.9 Å². The van der Waals surface area contributed by atoms with E-state index in [9.17, 15) is 0 Å². The molecular weight excluding hydrogens is 260 g/mol. The van der Waals surface area contributed by atoms with Gasteiger partial charge in [-0.3, -0.25) is 0 Å². The zero-order valence-corrected chi connectivity index (χ0v) is 10.9. The summed E-state index contributed by atoms with van der Waals surface area (Å²) in [5.74, 6) is 0.883. The molecule has 0 aliphatic heterocycles. The lowest BCUT2D eigenvalue weighted by Gasteiger charge is -2.04. The van der Waals surface area contributed by atoms with Crippen molar-refractivity contribution in [3.8, 4) is 0 Å². The Morgan fingerprint density at radius 1 is 1.29 bits per heavy atom. The lowest BCUT2D eigenvalue weighted by atomic mass is 10.5. The molecule has 2 aromatic rings. The summed E-state index contributed by atoms with van der Waals surface area (Å²) < 4.78 is 0. The minimum Gasteiger partial charge on any atom is -0.357 e. The molecule has 0 saturated heterocycles. The van der Waals surface area contributed by atoms with Gasteiger partial charge in [-0.15, -0.1) is 11.3 Å². The lowest BCUT2D eigenvalue weighted by Crippen LogP contribution is -2.06. The highest BCUT2D eigenvalue weighted by Gasteiger charge is 2.04. The van der Waals surface area contributed by atoms with Crippen molar-refractivity contribution >= 4 is 34.8 Å². The summed E-state index contributed by atoms with van der Waals surface area (Å²) in [5.41, 5.74) is 0. The summed E-state index contributed by atoms with van der Waals surface area (Å²) in [7, 11) is 1.72. The number of aromatic nitrogens is 4. The largest absolute Gasteiger partial charge is 0.357 e. The number of hydrogen-bond acceptors (Lipinski definition) is 7. The third kappa shape index (κ3) is 3.24. The quantitative estimate of drug-likeness (QED) is 0.884. The Bertz CT molecular complexity index is 514. The van der Waals surface area contributed by atoms with Gasteiger partial charge in [-0.2, -0.15) is 15.0 Å². The molecule has 0 radical (unpaired) electrons. The van der Waals surface area contributed by atoms with Crippen molar-refractivity contribution in [1.82, 2.24) is 19.9 Å². The Kier molecular flexibility index (Phi) is 3.70. The van der Waals surface area contributed by atoms with Crippen LogP contribution in [-0.2, 0) is 6.54 Å². The summed E-state index contributed by atoms with van der Waals surface area (Å²) in [4.78, 5) is 17.3. The fraction of sp³-hybridized carbons (Fsp3) is 0.333. The van der Waals surface area contributed by atoms with E-state index >= 15 is 0 Å². The number of halogens is 1. The predicted molar refractivity (Wildman–Crippen MR) is 68.6 cm³/mol. The van der Waals surface area contributed by atoms with Gasteiger partial charge < -0.3 is 10.6 Å². The maximum absolute atomic E-state index is 5.76. The molecule has 2 heterocycles. The molecule has 6 nitrogen and oxygen atoms in total. The van der Waals surface area contributed by atoms with E-state index < -0.39 is 0 Å². The fourth-order valence-corrected chi connectivity index (χ4v) is 2.09. The molecule has 0 atom stereocenters. The van der Waals surface area contributed by atoms with Crippen molar-refractivity contribution in [2.75, 3.05) is 17.7 Å². The molecule has 0 aliphatic rings. The molecule has 2 aromatic heterocycles. The number of nitrogens with one attached hydrogen (secondary N) is 2. The van der Waals surface area contributed by atoms with Crippen LogP contribution in [0, 0.1) is 6.92 Å². The van der Waals surface area contributed by atoms with E-state index in [0.29, 0.717) is 18.4 Å². The molecule has 17 heavy (non-hydrogen) atoms. The SMILES string of the molecule is CNc1nc(Cl)nc(NCc2cnc(C)s2)n1. The maximum atomic E-state index is 5.76. The third-order valence-corrected chi connectivity index (χ3v) is 3.00. The highest BCUT2D eigenvalue weighted by Crippen LogP contribution is 2.14. The van der Waals surface area contributed by atoms with Crippen LogP contribution in [0.5, 0.6) is 0 Å².